The minimum Gasteiger partial charge on any atom is -0.450 e. The standard InChI is InChI=1S/C43H66N4O8Si/c1-15-51-35-42(24-26-44-36(48)54-39(3,4)5)30-21-17-18-22-31(30)47(38(50)55-40(6,7)8)34-43(42,25-27-46(35)37(49)52-16-2)33-29(20-19-23-32(33)45(34)12)28-53-56(13,14)41(9,10)11/h17-23,34-35H,15-16,24-28H2,1-14H3,(H,44,48)/t34-,35?,42-,43-/m0/s1. The maximum atomic E-state index is 14.8. The van der Waals surface area contributed by atoms with Crippen molar-refractivity contribution in [2.75, 3.05) is 43.2 Å². The highest BCUT2D eigenvalue weighted by atomic mass is 28.4. The molecule has 5 rings (SSSR count). The fraction of sp³-hybridized carbons (Fsp3) is 0.651. The second-order valence-electron chi connectivity index (χ2n) is 18.8. The minimum absolute atomic E-state index is 0.0258. The molecule has 1 N–H and O–H groups in total. The lowest BCUT2D eigenvalue weighted by Gasteiger charge is -2.65. The fourth-order valence-electron chi connectivity index (χ4n) is 8.82. The van der Waals surface area contributed by atoms with Crippen LogP contribution in [0.1, 0.15) is 106 Å². The number of likely N-dealkylation sites (tertiary alicyclic amines) is 1. The van der Waals surface area contributed by atoms with Gasteiger partial charge in [0.15, 0.2) is 8.32 Å². The summed E-state index contributed by atoms with van der Waals surface area (Å²) in [5.74, 6) is 0. The van der Waals surface area contributed by atoms with Gasteiger partial charge in [0.2, 0.25) is 0 Å². The number of nitrogens with zero attached hydrogens (tertiary/aromatic N) is 3. The Hall–Kier alpha value is -3.81. The molecule has 0 saturated carbocycles. The topological polar surface area (TPSA) is 119 Å². The molecule has 0 aliphatic carbocycles. The molecule has 1 spiro atoms. The van der Waals surface area contributed by atoms with Crippen LogP contribution in [0, 0.1) is 0 Å². The Morgan fingerprint density at radius 3 is 2.11 bits per heavy atom. The molecule has 12 nitrogen and oxygen atoms in total. The molecule has 2 aromatic rings. The number of rotatable bonds is 9. The first-order valence-electron chi connectivity index (χ1n) is 20.1. The Balaban J connectivity index is 1.88. The van der Waals surface area contributed by atoms with E-state index in [0.29, 0.717) is 31.7 Å². The van der Waals surface area contributed by atoms with Crippen LogP contribution in [0.4, 0.5) is 25.8 Å². The van der Waals surface area contributed by atoms with Gasteiger partial charge in [-0.05, 0) is 115 Å². The van der Waals surface area contributed by atoms with Crippen LogP contribution in [-0.2, 0) is 40.8 Å². The number of fused-ring (bicyclic) bond motifs is 3. The summed E-state index contributed by atoms with van der Waals surface area (Å²) in [6, 6.07) is 14.1. The van der Waals surface area contributed by atoms with Crippen molar-refractivity contribution >= 4 is 38.0 Å². The largest absolute Gasteiger partial charge is 0.450 e. The molecule has 0 bridgehead atoms. The first-order valence-corrected chi connectivity index (χ1v) is 23.0. The Labute approximate surface area is 335 Å². The molecule has 3 amide bonds. The number of alkyl carbamates (subject to hydrolysis) is 1. The Morgan fingerprint density at radius 1 is 0.857 bits per heavy atom. The maximum Gasteiger partial charge on any atom is 0.416 e. The monoisotopic (exact) mass is 794 g/mol. The maximum absolute atomic E-state index is 14.8. The Kier molecular flexibility index (Phi) is 12.0. The van der Waals surface area contributed by atoms with Crippen molar-refractivity contribution in [2.24, 2.45) is 0 Å². The van der Waals surface area contributed by atoms with Crippen molar-refractivity contribution < 1.29 is 37.8 Å². The van der Waals surface area contributed by atoms with Gasteiger partial charge in [-0.2, -0.15) is 0 Å². The first kappa shape index (κ1) is 43.3. The van der Waals surface area contributed by atoms with Crippen molar-refractivity contribution in [1.29, 1.82) is 0 Å². The van der Waals surface area contributed by atoms with Crippen LogP contribution >= 0.6 is 0 Å². The first-order chi connectivity index (χ1) is 26.0. The summed E-state index contributed by atoms with van der Waals surface area (Å²) in [4.78, 5) is 47.9. The molecule has 0 radical (unpaired) electrons. The number of carbonyl (C=O) groups excluding carboxylic acids is 3. The normalized spacial score (nSPS) is 23.4. The van der Waals surface area contributed by atoms with Crippen LogP contribution in [-0.4, -0.2) is 88.4 Å². The van der Waals surface area contributed by atoms with Crippen LogP contribution in [0.2, 0.25) is 18.1 Å². The summed E-state index contributed by atoms with van der Waals surface area (Å²) in [7, 11) is -0.203. The predicted molar refractivity (Wildman–Crippen MR) is 222 cm³/mol. The van der Waals surface area contributed by atoms with Crippen LogP contribution in [0.3, 0.4) is 0 Å². The van der Waals surface area contributed by atoms with Crippen molar-refractivity contribution in [3.8, 4) is 0 Å². The molecule has 3 aliphatic heterocycles. The van der Waals surface area contributed by atoms with Crippen LogP contribution in [0.25, 0.3) is 0 Å². The van der Waals surface area contributed by atoms with E-state index >= 15 is 0 Å². The van der Waals surface area contributed by atoms with Gasteiger partial charge in [0.25, 0.3) is 0 Å². The summed E-state index contributed by atoms with van der Waals surface area (Å²) >= 11 is 0. The predicted octanol–water partition coefficient (Wildman–Crippen LogP) is 9.05. The van der Waals surface area contributed by atoms with Crippen LogP contribution < -0.4 is 15.1 Å². The third-order valence-corrected chi connectivity index (χ3v) is 16.4. The number of ether oxygens (including phenoxy) is 4. The van der Waals surface area contributed by atoms with Gasteiger partial charge in [0.05, 0.1) is 29.7 Å². The number of benzene rings is 2. The van der Waals surface area contributed by atoms with Gasteiger partial charge in [-0.1, -0.05) is 51.1 Å². The average Bonchev–Trinajstić information content (AvgIpc) is 3.33. The summed E-state index contributed by atoms with van der Waals surface area (Å²) < 4.78 is 31.5. The van der Waals surface area contributed by atoms with Gasteiger partial charge in [-0.25, -0.2) is 14.4 Å². The summed E-state index contributed by atoms with van der Waals surface area (Å²) in [6.45, 7) is 27.3. The van der Waals surface area contributed by atoms with E-state index in [4.69, 9.17) is 23.4 Å². The number of hydrogen-bond acceptors (Lipinski definition) is 9. The van der Waals surface area contributed by atoms with E-state index in [0.717, 1.165) is 22.4 Å². The highest BCUT2D eigenvalue weighted by Gasteiger charge is 2.74. The van der Waals surface area contributed by atoms with E-state index in [1.54, 1.807) is 11.8 Å². The molecule has 3 aliphatic rings. The number of hydrogen-bond donors (Lipinski definition) is 1. The Morgan fingerprint density at radius 2 is 1.50 bits per heavy atom. The number of nitrogens with one attached hydrogen (secondary N) is 1. The molecule has 1 saturated heterocycles. The molecule has 4 atom stereocenters. The van der Waals surface area contributed by atoms with Crippen molar-refractivity contribution in [2.45, 2.75) is 148 Å². The summed E-state index contributed by atoms with van der Waals surface area (Å²) in [6.07, 6.45) is -2.22. The molecule has 1 unspecified atom stereocenters. The van der Waals surface area contributed by atoms with E-state index < -0.39 is 61.0 Å². The second-order valence-corrected chi connectivity index (χ2v) is 23.6. The van der Waals surface area contributed by atoms with Crippen molar-refractivity contribution in [1.82, 2.24) is 10.2 Å². The fourth-order valence-corrected chi connectivity index (χ4v) is 9.77. The zero-order chi connectivity index (χ0) is 41.6. The number of amides is 3. The molecule has 56 heavy (non-hydrogen) atoms. The zero-order valence-corrected chi connectivity index (χ0v) is 37.3. The number of likely N-dealkylation sites (N-methyl/N-ethyl adjacent to an activating group) is 1. The van der Waals surface area contributed by atoms with Crippen molar-refractivity contribution in [3.63, 3.8) is 0 Å². The Bertz CT molecular complexity index is 1780. The van der Waals surface area contributed by atoms with Crippen LogP contribution in [0.15, 0.2) is 42.5 Å². The van der Waals surface area contributed by atoms with Gasteiger partial charge in [0.1, 0.15) is 23.6 Å². The SMILES string of the molecule is CCOC(=O)N1CC[C@]23c4c(CO[Si](C)(C)C(C)(C)C)cccc4N(C)[C@H]2N(C(=O)OC(C)(C)C)c2ccccc2[C@@]3(CCNC(=O)OC(C)(C)C)C1OCC. The quantitative estimate of drug-likeness (QED) is 0.196. The number of piperidine rings is 1. The van der Waals surface area contributed by atoms with E-state index in [1.807, 2.05) is 84.7 Å². The lowest BCUT2D eigenvalue weighted by molar-refractivity contribution is -0.151. The summed E-state index contributed by atoms with van der Waals surface area (Å²) in [5, 5.41) is 3.01. The van der Waals surface area contributed by atoms with Crippen molar-refractivity contribution in [3.05, 3.63) is 59.2 Å². The molecular formula is C43H66N4O8Si. The van der Waals surface area contributed by atoms with Crippen LogP contribution in [0.5, 0.6) is 0 Å². The van der Waals surface area contributed by atoms with Gasteiger partial charge < -0.3 is 33.6 Å². The lowest BCUT2D eigenvalue weighted by Crippen LogP contribution is -2.77. The van der Waals surface area contributed by atoms with Gasteiger partial charge in [-0.15, -0.1) is 0 Å². The number of para-hydroxylation sites is 1. The third kappa shape index (κ3) is 7.63. The van der Waals surface area contributed by atoms with E-state index in [9.17, 15) is 14.4 Å². The highest BCUT2D eigenvalue weighted by Crippen LogP contribution is 2.68. The average molecular weight is 795 g/mol. The lowest BCUT2D eigenvalue weighted by atomic mass is 9.48. The van der Waals surface area contributed by atoms with Gasteiger partial charge in [-0.3, -0.25) is 9.80 Å². The van der Waals surface area contributed by atoms with E-state index in [2.05, 4.69) is 62.3 Å². The summed E-state index contributed by atoms with van der Waals surface area (Å²) in [5.41, 5.74) is 0.995. The molecule has 2 aromatic carbocycles. The highest BCUT2D eigenvalue weighted by molar-refractivity contribution is 6.74. The molecular weight excluding hydrogens is 729 g/mol. The number of anilines is 2. The molecule has 1 fully saturated rings. The zero-order valence-electron chi connectivity index (χ0n) is 36.3. The molecule has 310 valence electrons. The van der Waals surface area contributed by atoms with Gasteiger partial charge in [0, 0.05) is 32.4 Å². The molecule has 3 heterocycles. The number of carbonyl (C=O) groups is 3. The van der Waals surface area contributed by atoms with E-state index in [1.165, 1.54) is 0 Å². The van der Waals surface area contributed by atoms with Gasteiger partial charge >= 0.3 is 18.3 Å². The van der Waals surface area contributed by atoms with E-state index in [-0.39, 0.29) is 24.7 Å². The minimum atomic E-state index is -2.23. The third-order valence-electron chi connectivity index (χ3n) is 11.9. The molecule has 13 heteroatoms. The smallest absolute Gasteiger partial charge is 0.416 e. The second kappa shape index (κ2) is 15.5. The molecule has 0 aromatic heterocycles.